The topological polar surface area (TPSA) is 137 Å². The maximum atomic E-state index is 14.5. The van der Waals surface area contributed by atoms with E-state index in [1.807, 2.05) is 0 Å². The van der Waals surface area contributed by atoms with Gasteiger partial charge in [0, 0.05) is 2.74 Å². The van der Waals surface area contributed by atoms with Crippen LogP contribution in [0.25, 0.3) is 11.6 Å². The SMILES string of the molecule is [2H]C1CC[C@](O)(C(F)(F)F)c2nnc(o2)-c2nc(c(C(F)(F)F)cc2N(C(=O)OC(C)(C)C)C(=O)OC(C)(C)C)O[C@H](C)CC1[2H]. The second kappa shape index (κ2) is 12.0. The lowest BCUT2D eigenvalue weighted by Gasteiger charge is -2.30. The number of aromatic nitrogens is 3. The van der Waals surface area contributed by atoms with Crippen LogP contribution in [0.4, 0.5) is 41.6 Å². The van der Waals surface area contributed by atoms with Crippen LogP contribution in [0, 0.1) is 0 Å². The first-order valence-electron chi connectivity index (χ1n) is 14.4. The van der Waals surface area contributed by atoms with E-state index in [2.05, 4.69) is 15.2 Å². The molecule has 246 valence electrons. The highest BCUT2D eigenvalue weighted by Crippen LogP contribution is 2.46. The van der Waals surface area contributed by atoms with E-state index < -0.39 is 114 Å². The summed E-state index contributed by atoms with van der Waals surface area (Å²) in [5.74, 6) is -3.69. The second-order valence-corrected chi connectivity index (χ2v) is 11.9. The van der Waals surface area contributed by atoms with Crippen molar-refractivity contribution in [1.29, 1.82) is 0 Å². The normalized spacial score (nSPS) is 24.3. The summed E-state index contributed by atoms with van der Waals surface area (Å²) in [4.78, 5) is 30.6. The summed E-state index contributed by atoms with van der Waals surface area (Å²) in [5, 5.41) is 17.5. The van der Waals surface area contributed by atoms with Crippen molar-refractivity contribution in [3.05, 3.63) is 17.5 Å². The summed E-state index contributed by atoms with van der Waals surface area (Å²) in [6.07, 6.45) is -20.4. The molecule has 1 N–H and O–H groups in total. The van der Waals surface area contributed by atoms with Crippen molar-refractivity contribution in [2.45, 2.75) is 116 Å². The Morgan fingerprint density at radius 1 is 1.02 bits per heavy atom. The predicted molar refractivity (Wildman–Crippen MR) is 141 cm³/mol. The minimum Gasteiger partial charge on any atom is -0.474 e. The molecule has 4 atom stereocenters. The van der Waals surface area contributed by atoms with E-state index in [4.69, 9.17) is 21.4 Å². The van der Waals surface area contributed by atoms with Crippen molar-refractivity contribution in [3.8, 4) is 17.5 Å². The van der Waals surface area contributed by atoms with E-state index in [1.54, 1.807) is 0 Å². The summed E-state index contributed by atoms with van der Waals surface area (Å²) in [5.41, 5.74) is -10.1. The summed E-state index contributed by atoms with van der Waals surface area (Å²) in [7, 11) is 0. The minimum absolute atomic E-state index is 0.0365. The van der Waals surface area contributed by atoms with E-state index in [-0.39, 0.29) is 11.0 Å². The fourth-order valence-electron chi connectivity index (χ4n) is 3.79. The van der Waals surface area contributed by atoms with Crippen molar-refractivity contribution < 1.29 is 62.4 Å². The van der Waals surface area contributed by atoms with E-state index in [9.17, 15) is 41.0 Å². The zero-order valence-electron chi connectivity index (χ0n) is 26.9. The fourth-order valence-corrected chi connectivity index (χ4v) is 3.79. The molecule has 0 aromatic carbocycles. The van der Waals surface area contributed by atoms with Crippen LogP contribution in [0.3, 0.4) is 0 Å². The molecule has 2 aromatic heterocycles. The number of rotatable bonds is 1. The number of imide groups is 1. The highest BCUT2D eigenvalue weighted by molar-refractivity contribution is 6.11. The Morgan fingerprint density at radius 3 is 2.09 bits per heavy atom. The van der Waals surface area contributed by atoms with Gasteiger partial charge in [0.2, 0.25) is 11.5 Å². The Morgan fingerprint density at radius 2 is 1.59 bits per heavy atom. The quantitative estimate of drug-likeness (QED) is 0.315. The summed E-state index contributed by atoms with van der Waals surface area (Å²) >= 11 is 0. The molecule has 0 radical (unpaired) electrons. The number of aliphatic hydroxyl groups is 1. The number of amides is 2. The van der Waals surface area contributed by atoms with Crippen molar-refractivity contribution in [1.82, 2.24) is 15.2 Å². The van der Waals surface area contributed by atoms with Gasteiger partial charge in [0.25, 0.3) is 11.8 Å². The number of halogens is 6. The molecule has 11 nitrogen and oxygen atoms in total. The predicted octanol–water partition coefficient (Wildman–Crippen LogP) is 7.31. The number of hydrogen-bond donors (Lipinski definition) is 1. The average molecular weight is 643 g/mol. The molecule has 2 unspecified atom stereocenters. The van der Waals surface area contributed by atoms with Crippen molar-refractivity contribution >= 4 is 17.9 Å². The van der Waals surface area contributed by atoms with Gasteiger partial charge < -0.3 is 23.7 Å². The first-order chi connectivity index (χ1) is 20.7. The molecule has 3 rings (SSSR count). The average Bonchev–Trinajstić information content (AvgIpc) is 3.34. The lowest BCUT2D eigenvalue weighted by molar-refractivity contribution is -0.277. The van der Waals surface area contributed by atoms with Gasteiger partial charge in [0.05, 0.1) is 11.8 Å². The fraction of sp³-hybridized carbons (Fsp3) is 0.667. The van der Waals surface area contributed by atoms with Crippen molar-refractivity contribution in [2.75, 3.05) is 4.90 Å². The largest absolute Gasteiger partial charge is 0.474 e. The molecule has 2 amide bonds. The Labute approximate surface area is 251 Å². The molecule has 0 saturated carbocycles. The zero-order chi connectivity index (χ0) is 35.2. The number of alkyl halides is 6. The van der Waals surface area contributed by atoms with Crippen LogP contribution in [0.15, 0.2) is 10.5 Å². The number of carbonyl (C=O) groups is 2. The highest BCUT2D eigenvalue weighted by atomic mass is 19.4. The number of anilines is 1. The zero-order valence-corrected chi connectivity index (χ0v) is 24.9. The van der Waals surface area contributed by atoms with E-state index in [0.29, 0.717) is 0 Å². The third-order valence-electron chi connectivity index (χ3n) is 5.74. The number of hydrogen-bond acceptors (Lipinski definition) is 10. The molecule has 1 aliphatic rings. The molecule has 0 saturated heterocycles. The van der Waals surface area contributed by atoms with Crippen LogP contribution in [0.1, 0.15) is 94.7 Å². The minimum atomic E-state index is -5.46. The molecular weight excluding hydrogens is 606 g/mol. The molecule has 0 fully saturated rings. The Balaban J connectivity index is 2.44. The van der Waals surface area contributed by atoms with E-state index >= 15 is 0 Å². The highest BCUT2D eigenvalue weighted by Gasteiger charge is 2.58. The van der Waals surface area contributed by atoms with E-state index in [0.717, 1.165) is 0 Å². The molecular formula is C27H34F6N4O7. The van der Waals surface area contributed by atoms with Gasteiger partial charge >= 0.3 is 24.5 Å². The van der Waals surface area contributed by atoms with Gasteiger partial charge in [-0.05, 0) is 80.2 Å². The Hall–Kier alpha value is -3.63. The second-order valence-electron chi connectivity index (χ2n) is 11.9. The maximum absolute atomic E-state index is 14.5. The van der Waals surface area contributed by atoms with Crippen LogP contribution >= 0.6 is 0 Å². The van der Waals surface area contributed by atoms with Gasteiger partial charge in [0.1, 0.15) is 16.8 Å². The number of carbonyl (C=O) groups excluding carboxylic acids is 2. The van der Waals surface area contributed by atoms with E-state index in [1.165, 1.54) is 48.5 Å². The third-order valence-corrected chi connectivity index (χ3v) is 5.74. The van der Waals surface area contributed by atoms with Crippen LogP contribution in [-0.4, -0.2) is 56.0 Å². The van der Waals surface area contributed by atoms with Crippen LogP contribution in [0.5, 0.6) is 5.88 Å². The Kier molecular flexibility index (Phi) is 8.70. The third kappa shape index (κ3) is 8.09. The first-order valence-corrected chi connectivity index (χ1v) is 13.3. The summed E-state index contributed by atoms with van der Waals surface area (Å²) < 4.78 is 123. The number of pyridine rings is 1. The van der Waals surface area contributed by atoms with Gasteiger partial charge in [-0.15, -0.1) is 10.2 Å². The smallest absolute Gasteiger partial charge is 0.426 e. The molecule has 44 heavy (non-hydrogen) atoms. The first kappa shape index (κ1) is 31.8. The summed E-state index contributed by atoms with van der Waals surface area (Å²) in [6.45, 7) is 9.61. The molecule has 4 bridgehead atoms. The van der Waals surface area contributed by atoms with Crippen LogP contribution in [0.2, 0.25) is 0 Å². The summed E-state index contributed by atoms with van der Waals surface area (Å²) in [6, 6.07) is 0.245. The lowest BCUT2D eigenvalue weighted by atomic mass is 9.94. The standard InChI is InChI=1S/C27H34F6N4O7/c1-14-11-9-8-10-12-25(40,27(31,32)33)20-36-35-19(42-20)17-16(13-15(26(28,29)30)18(34-17)41-14)37(21(38)43-23(2,3)4)22(39)44-24(5,6)7/h13-14,40H,8-12H2,1-7H3/t14-,25-/m1/s1/i8D,9D/t8?,9?,14-,25-. The number of fused-ring (bicyclic) bond motifs is 5. The number of nitrogens with zero attached hydrogens (tertiary/aromatic N) is 4. The van der Waals surface area contributed by atoms with Gasteiger partial charge in [-0.3, -0.25) is 0 Å². The lowest BCUT2D eigenvalue weighted by Crippen LogP contribution is -2.44. The van der Waals surface area contributed by atoms with Crippen LogP contribution < -0.4 is 9.64 Å². The van der Waals surface area contributed by atoms with Gasteiger partial charge in [0.15, 0.2) is 5.69 Å². The maximum Gasteiger partial charge on any atom is 0.426 e. The number of ether oxygens (including phenoxy) is 3. The molecule has 2 aromatic rings. The Bertz CT molecular complexity index is 1410. The molecule has 0 aliphatic carbocycles. The van der Waals surface area contributed by atoms with Gasteiger partial charge in [-0.1, -0.05) is 6.40 Å². The molecule has 17 heteroatoms. The molecule has 0 spiro atoms. The van der Waals surface area contributed by atoms with Crippen LogP contribution in [-0.2, 0) is 21.3 Å². The van der Waals surface area contributed by atoms with Crippen molar-refractivity contribution in [3.63, 3.8) is 0 Å². The van der Waals surface area contributed by atoms with Crippen molar-refractivity contribution in [2.24, 2.45) is 0 Å². The monoisotopic (exact) mass is 642 g/mol. The van der Waals surface area contributed by atoms with Gasteiger partial charge in [-0.25, -0.2) is 14.6 Å². The van der Waals surface area contributed by atoms with Gasteiger partial charge in [-0.2, -0.15) is 31.2 Å². The molecule has 1 aliphatic heterocycles. The molecule has 3 heterocycles.